The van der Waals surface area contributed by atoms with Crippen molar-refractivity contribution in [2.24, 2.45) is 11.8 Å². The molecule has 3 unspecified atom stereocenters. The van der Waals surface area contributed by atoms with Crippen LogP contribution in [0.4, 0.5) is 5.69 Å². The van der Waals surface area contributed by atoms with Gasteiger partial charge < -0.3 is 18.9 Å². The number of anilines is 1. The first-order chi connectivity index (χ1) is 24.9. The molecule has 0 amide bonds. The van der Waals surface area contributed by atoms with Crippen LogP contribution in [0, 0.1) is 11.8 Å². The monoisotopic (exact) mass is 761 g/mol. The molecule has 3 atom stereocenters. The SMILES string of the molecule is CCCCC(CC)COC(=O)CC(C(=O)OCC(CC)CCCC)S(=O)(=O)[O-].CCN(CC)c1ccc2nc3ccc(=[N+](CC)CC)cc-3sc2c1. The predicted octanol–water partition coefficient (Wildman–Crippen LogP) is 7.87. The normalized spacial score (nSPS) is 13.2. The number of unbranched alkanes of at least 4 members (excludes halogenated alkanes) is 2. The smallest absolute Gasteiger partial charge is 0.323 e. The van der Waals surface area contributed by atoms with E-state index in [0.29, 0.717) is 0 Å². The summed E-state index contributed by atoms with van der Waals surface area (Å²) in [7, 11) is -5.01. The molecule has 1 aliphatic heterocycles. The van der Waals surface area contributed by atoms with Gasteiger partial charge in [-0.05, 0) is 76.6 Å². The molecule has 1 aromatic carbocycles. The highest BCUT2D eigenvalue weighted by Crippen LogP contribution is 2.32. The molecule has 1 aliphatic carbocycles. The van der Waals surface area contributed by atoms with Crippen LogP contribution in [0.3, 0.4) is 0 Å². The molecule has 12 heteroatoms. The average Bonchev–Trinajstić information content (AvgIpc) is 3.13. The molecule has 52 heavy (non-hydrogen) atoms. The third-order valence-electron chi connectivity index (χ3n) is 9.60. The summed E-state index contributed by atoms with van der Waals surface area (Å²) < 4.78 is 48.2. The molecular weight excluding hydrogens is 699 g/mol. The molecule has 0 aromatic heterocycles. The summed E-state index contributed by atoms with van der Waals surface area (Å²) in [5, 5.41) is -0.774. The lowest BCUT2D eigenvalue weighted by atomic mass is 10.0. The number of esters is 2. The number of hydrogen-bond acceptors (Lipinski definition) is 10. The van der Waals surface area contributed by atoms with Crippen LogP contribution in [0.2, 0.25) is 0 Å². The van der Waals surface area contributed by atoms with Crippen LogP contribution in [0.15, 0.2) is 36.4 Å². The van der Waals surface area contributed by atoms with Gasteiger partial charge in [0.1, 0.15) is 23.2 Å². The summed E-state index contributed by atoms with van der Waals surface area (Å²) in [6, 6.07) is 13.2. The molecule has 0 fully saturated rings. The molecule has 1 aromatic rings. The fourth-order valence-corrected chi connectivity index (χ4v) is 7.66. The molecule has 10 nitrogen and oxygen atoms in total. The molecular formula is C40H63N3O7S2. The summed E-state index contributed by atoms with van der Waals surface area (Å²) in [4.78, 5) is 32.6. The Bertz CT molecular complexity index is 1660. The third-order valence-corrected chi connectivity index (χ3v) is 11.7. The fourth-order valence-electron chi connectivity index (χ4n) is 5.99. The topological polar surface area (TPSA) is 129 Å². The van der Waals surface area contributed by atoms with E-state index in [1.807, 2.05) is 25.2 Å². The van der Waals surface area contributed by atoms with Crippen molar-refractivity contribution in [2.75, 3.05) is 44.3 Å². The molecule has 3 rings (SSSR count). The van der Waals surface area contributed by atoms with Crippen molar-refractivity contribution in [1.29, 1.82) is 0 Å². The Labute approximate surface area is 316 Å². The van der Waals surface area contributed by atoms with Crippen LogP contribution in [-0.2, 0) is 29.2 Å². The van der Waals surface area contributed by atoms with Gasteiger partial charge >= 0.3 is 11.9 Å². The summed E-state index contributed by atoms with van der Waals surface area (Å²) in [5.41, 5.74) is 3.45. The van der Waals surface area contributed by atoms with Gasteiger partial charge in [0, 0.05) is 30.9 Å². The Morgan fingerprint density at radius 3 is 1.96 bits per heavy atom. The third kappa shape index (κ3) is 14.4. The van der Waals surface area contributed by atoms with Crippen LogP contribution in [0.1, 0.15) is 113 Å². The van der Waals surface area contributed by atoms with Gasteiger partial charge in [-0.15, -0.1) is 11.3 Å². The van der Waals surface area contributed by atoms with Crippen molar-refractivity contribution in [1.82, 2.24) is 9.56 Å². The van der Waals surface area contributed by atoms with Crippen molar-refractivity contribution < 1.29 is 32.0 Å². The van der Waals surface area contributed by atoms with Gasteiger partial charge in [-0.25, -0.2) is 18.0 Å². The van der Waals surface area contributed by atoms with E-state index in [4.69, 9.17) is 14.5 Å². The molecule has 0 N–H and O–H groups in total. The number of hydrogen-bond donors (Lipinski definition) is 0. The van der Waals surface area contributed by atoms with E-state index < -0.39 is 33.7 Å². The van der Waals surface area contributed by atoms with Crippen LogP contribution in [-0.4, -0.2) is 74.5 Å². The summed E-state index contributed by atoms with van der Waals surface area (Å²) in [5.74, 6) is -1.74. The molecule has 0 saturated carbocycles. The number of rotatable bonds is 21. The highest BCUT2D eigenvalue weighted by Gasteiger charge is 2.31. The van der Waals surface area contributed by atoms with E-state index >= 15 is 0 Å². The zero-order valence-electron chi connectivity index (χ0n) is 32.8. The number of fused-ring (bicyclic) bond motifs is 2. The van der Waals surface area contributed by atoms with Crippen LogP contribution >= 0.6 is 11.3 Å². The summed E-state index contributed by atoms with van der Waals surface area (Å²) in [6.07, 6.45) is 6.58. The Morgan fingerprint density at radius 1 is 0.846 bits per heavy atom. The second kappa shape index (κ2) is 23.5. The van der Waals surface area contributed by atoms with Gasteiger partial charge in [-0.1, -0.05) is 66.2 Å². The molecule has 292 valence electrons. The van der Waals surface area contributed by atoms with Crippen LogP contribution in [0.25, 0.3) is 20.8 Å². The van der Waals surface area contributed by atoms with E-state index in [2.05, 4.69) is 87.4 Å². The minimum Gasteiger partial charge on any atom is -0.747 e. The van der Waals surface area contributed by atoms with Gasteiger partial charge in [0.25, 0.3) is 0 Å². The first-order valence-electron chi connectivity index (χ1n) is 19.3. The summed E-state index contributed by atoms with van der Waals surface area (Å²) >= 11 is 1.84. The lowest BCUT2D eigenvalue weighted by Crippen LogP contribution is -2.35. The van der Waals surface area contributed by atoms with Gasteiger partial charge in [0.2, 0.25) is 5.36 Å². The maximum atomic E-state index is 12.1. The number of carbonyl (C=O) groups excluding carboxylic acids is 2. The number of nitrogens with zero attached hydrogens (tertiary/aromatic N) is 3. The highest BCUT2D eigenvalue weighted by molar-refractivity contribution is 7.87. The van der Waals surface area contributed by atoms with E-state index in [9.17, 15) is 22.6 Å². The second-order valence-corrected chi connectivity index (χ2v) is 15.8. The minimum absolute atomic E-state index is 0.0470. The Morgan fingerprint density at radius 2 is 1.44 bits per heavy atom. The number of aromatic nitrogens is 1. The van der Waals surface area contributed by atoms with Crippen molar-refractivity contribution in [3.05, 3.63) is 41.8 Å². The van der Waals surface area contributed by atoms with Crippen LogP contribution < -0.4 is 14.8 Å². The van der Waals surface area contributed by atoms with E-state index in [1.54, 1.807) is 0 Å². The molecule has 0 bridgehead atoms. The molecule has 2 aliphatic rings. The molecule has 0 radical (unpaired) electrons. The molecule has 0 spiro atoms. The average molecular weight is 762 g/mol. The van der Waals surface area contributed by atoms with Gasteiger partial charge in [-0.3, -0.25) is 9.59 Å². The first kappa shape index (κ1) is 45.1. The van der Waals surface area contributed by atoms with Crippen molar-refractivity contribution >= 4 is 49.3 Å². The largest absolute Gasteiger partial charge is 0.747 e. The van der Waals surface area contributed by atoms with Gasteiger partial charge in [0.15, 0.2) is 5.25 Å². The number of ether oxygens (including phenoxy) is 2. The Kier molecular flexibility index (Phi) is 20.4. The quantitative estimate of drug-likeness (QED) is 0.0461. The Balaban J connectivity index is 0.000000363. The first-order valence-corrected chi connectivity index (χ1v) is 21.6. The molecule has 0 saturated heterocycles. The highest BCUT2D eigenvalue weighted by atomic mass is 32.2. The minimum atomic E-state index is -5.01. The zero-order chi connectivity index (χ0) is 38.7. The Hall–Kier alpha value is -3.09. The number of benzene rings is 2. The lowest BCUT2D eigenvalue weighted by Gasteiger charge is -2.21. The second-order valence-electron chi connectivity index (χ2n) is 13.2. The van der Waals surface area contributed by atoms with Crippen molar-refractivity contribution in [2.45, 2.75) is 118 Å². The van der Waals surface area contributed by atoms with Gasteiger partial charge in [0.05, 0.1) is 40.4 Å². The predicted molar refractivity (Wildman–Crippen MR) is 213 cm³/mol. The van der Waals surface area contributed by atoms with Gasteiger partial charge in [-0.2, -0.15) is 0 Å². The maximum Gasteiger partial charge on any atom is 0.323 e. The van der Waals surface area contributed by atoms with Crippen molar-refractivity contribution in [3.8, 4) is 10.6 Å². The van der Waals surface area contributed by atoms with E-state index in [0.717, 1.165) is 88.8 Å². The van der Waals surface area contributed by atoms with Crippen molar-refractivity contribution in [3.63, 3.8) is 0 Å². The lowest BCUT2D eigenvalue weighted by molar-refractivity contribution is -0.151. The van der Waals surface area contributed by atoms with E-state index in [-0.39, 0.29) is 25.0 Å². The molecule has 1 heterocycles. The zero-order valence-corrected chi connectivity index (χ0v) is 34.5. The maximum absolute atomic E-state index is 12.1. The van der Waals surface area contributed by atoms with E-state index in [1.165, 1.54) is 20.6 Å². The fraction of sp³-hybridized carbons (Fsp3) is 0.650. The number of carbonyl (C=O) groups is 2. The standard InChI is InChI=1S/C20H26N3S.C20H38O7S/c1-5-22(6-2)15-9-11-17-19(13-15)24-20-14-16(23(7-3)8-4)10-12-18(20)21-17;1-5-9-11-16(7-3)14-26-19(21)13-18(28(23,24)25)20(22)27-15-17(8-4)12-10-6-2/h9-14H,5-8H2,1-4H3;16-18H,5-15H2,1-4H3,(H,23,24,25)/q+1;/p-1. The van der Waals surface area contributed by atoms with Crippen LogP contribution in [0.5, 0.6) is 0 Å². The summed E-state index contributed by atoms with van der Waals surface area (Å²) in [6.45, 7) is 21.2.